The SMILES string of the molecule is Cc1cc(C)c(C(N)C2(C)CCCCO2)cc1C. The van der Waals surface area contributed by atoms with Crippen molar-refractivity contribution in [2.75, 3.05) is 6.61 Å². The number of benzene rings is 1. The largest absolute Gasteiger partial charge is 0.373 e. The normalized spacial score (nSPS) is 26.1. The van der Waals surface area contributed by atoms with Gasteiger partial charge in [-0.25, -0.2) is 0 Å². The van der Waals surface area contributed by atoms with E-state index < -0.39 is 0 Å². The molecule has 2 unspecified atom stereocenters. The van der Waals surface area contributed by atoms with Crippen molar-refractivity contribution in [1.82, 2.24) is 0 Å². The monoisotopic (exact) mass is 247 g/mol. The van der Waals surface area contributed by atoms with E-state index in [0.29, 0.717) is 0 Å². The summed E-state index contributed by atoms with van der Waals surface area (Å²) in [6.45, 7) is 9.44. The number of nitrogens with two attached hydrogens (primary N) is 1. The molecule has 18 heavy (non-hydrogen) atoms. The zero-order valence-electron chi connectivity index (χ0n) is 12.0. The van der Waals surface area contributed by atoms with E-state index in [0.717, 1.165) is 19.4 Å². The number of hydrogen-bond acceptors (Lipinski definition) is 2. The minimum Gasteiger partial charge on any atom is -0.373 e. The molecule has 2 nitrogen and oxygen atoms in total. The quantitative estimate of drug-likeness (QED) is 0.867. The molecule has 0 bridgehead atoms. The van der Waals surface area contributed by atoms with Gasteiger partial charge in [0.2, 0.25) is 0 Å². The van der Waals surface area contributed by atoms with E-state index in [1.54, 1.807) is 0 Å². The molecule has 1 fully saturated rings. The lowest BCUT2D eigenvalue weighted by Crippen LogP contribution is -2.43. The molecule has 1 aliphatic rings. The van der Waals surface area contributed by atoms with Crippen molar-refractivity contribution in [1.29, 1.82) is 0 Å². The van der Waals surface area contributed by atoms with Crippen LogP contribution in [0.25, 0.3) is 0 Å². The van der Waals surface area contributed by atoms with Crippen LogP contribution in [-0.4, -0.2) is 12.2 Å². The molecule has 0 aliphatic carbocycles. The topological polar surface area (TPSA) is 35.2 Å². The molecule has 0 aromatic heterocycles. The predicted octanol–water partition coefficient (Wildman–Crippen LogP) is 3.57. The molecule has 0 saturated carbocycles. The van der Waals surface area contributed by atoms with E-state index in [1.807, 2.05) is 0 Å². The molecule has 0 radical (unpaired) electrons. The average Bonchev–Trinajstić information content (AvgIpc) is 2.34. The van der Waals surface area contributed by atoms with Gasteiger partial charge in [-0.1, -0.05) is 12.1 Å². The van der Waals surface area contributed by atoms with Gasteiger partial charge in [0.15, 0.2) is 0 Å². The van der Waals surface area contributed by atoms with Crippen LogP contribution in [0.15, 0.2) is 12.1 Å². The summed E-state index contributed by atoms with van der Waals surface area (Å²) in [6, 6.07) is 4.44. The van der Waals surface area contributed by atoms with Gasteiger partial charge in [-0.05, 0) is 69.2 Å². The van der Waals surface area contributed by atoms with Crippen molar-refractivity contribution in [3.8, 4) is 0 Å². The highest BCUT2D eigenvalue weighted by atomic mass is 16.5. The smallest absolute Gasteiger partial charge is 0.0846 e. The van der Waals surface area contributed by atoms with E-state index in [9.17, 15) is 0 Å². The van der Waals surface area contributed by atoms with Crippen LogP contribution < -0.4 is 5.73 Å². The first kappa shape index (κ1) is 13.6. The van der Waals surface area contributed by atoms with Crippen LogP contribution in [0.3, 0.4) is 0 Å². The maximum atomic E-state index is 6.50. The average molecular weight is 247 g/mol. The molecule has 2 N–H and O–H groups in total. The predicted molar refractivity (Wildman–Crippen MR) is 75.8 cm³/mol. The lowest BCUT2D eigenvalue weighted by Gasteiger charge is -2.39. The summed E-state index contributed by atoms with van der Waals surface area (Å²) in [5.41, 5.74) is 11.5. The Labute approximate surface area is 111 Å². The second-order valence-electron chi connectivity index (χ2n) is 5.89. The van der Waals surface area contributed by atoms with Gasteiger partial charge in [0.05, 0.1) is 11.6 Å². The van der Waals surface area contributed by atoms with Crippen LogP contribution in [0, 0.1) is 20.8 Å². The molecule has 0 spiro atoms. The van der Waals surface area contributed by atoms with E-state index >= 15 is 0 Å². The highest BCUT2D eigenvalue weighted by Gasteiger charge is 2.36. The summed E-state index contributed by atoms with van der Waals surface area (Å²) in [5, 5.41) is 0. The van der Waals surface area contributed by atoms with Crippen LogP contribution in [0.4, 0.5) is 0 Å². The molecular weight excluding hydrogens is 222 g/mol. The number of hydrogen-bond donors (Lipinski definition) is 1. The van der Waals surface area contributed by atoms with Crippen molar-refractivity contribution >= 4 is 0 Å². The summed E-state index contributed by atoms with van der Waals surface area (Å²) in [4.78, 5) is 0. The Hall–Kier alpha value is -0.860. The third kappa shape index (κ3) is 2.45. The van der Waals surface area contributed by atoms with E-state index in [4.69, 9.17) is 10.5 Å². The molecule has 1 saturated heterocycles. The molecule has 2 atom stereocenters. The Bertz CT molecular complexity index is 433. The third-order valence-electron chi connectivity index (χ3n) is 4.37. The van der Waals surface area contributed by atoms with Crippen LogP contribution in [0.5, 0.6) is 0 Å². The first-order valence-electron chi connectivity index (χ1n) is 6.91. The van der Waals surface area contributed by atoms with Crippen LogP contribution in [0.2, 0.25) is 0 Å². The van der Waals surface area contributed by atoms with Gasteiger partial charge >= 0.3 is 0 Å². The zero-order valence-corrected chi connectivity index (χ0v) is 12.0. The van der Waals surface area contributed by atoms with Gasteiger partial charge in [-0.3, -0.25) is 0 Å². The molecule has 1 heterocycles. The second-order valence-corrected chi connectivity index (χ2v) is 5.89. The molecule has 1 aliphatic heterocycles. The van der Waals surface area contributed by atoms with Crippen molar-refractivity contribution in [2.24, 2.45) is 5.73 Å². The highest BCUT2D eigenvalue weighted by molar-refractivity contribution is 5.39. The van der Waals surface area contributed by atoms with Gasteiger partial charge in [-0.2, -0.15) is 0 Å². The maximum absolute atomic E-state index is 6.50. The molecule has 0 amide bonds. The standard InChI is InChI=1S/C16H25NO/c1-11-9-13(3)14(10-12(11)2)15(17)16(4)7-5-6-8-18-16/h9-10,15H,5-8,17H2,1-4H3. The molecule has 2 heteroatoms. The Morgan fingerprint density at radius 3 is 2.39 bits per heavy atom. The van der Waals surface area contributed by atoms with Crippen LogP contribution in [0.1, 0.15) is 54.5 Å². The fraction of sp³-hybridized carbons (Fsp3) is 0.625. The lowest BCUT2D eigenvalue weighted by atomic mass is 9.82. The summed E-state index contributed by atoms with van der Waals surface area (Å²) in [7, 11) is 0. The first-order chi connectivity index (χ1) is 8.44. The maximum Gasteiger partial charge on any atom is 0.0846 e. The van der Waals surface area contributed by atoms with Crippen LogP contribution >= 0.6 is 0 Å². The summed E-state index contributed by atoms with van der Waals surface area (Å²) in [6.07, 6.45) is 3.43. The van der Waals surface area contributed by atoms with Gasteiger partial charge in [0, 0.05) is 6.61 Å². The van der Waals surface area contributed by atoms with E-state index in [2.05, 4.69) is 39.8 Å². The minimum atomic E-state index is -0.204. The fourth-order valence-electron chi connectivity index (χ4n) is 2.85. The third-order valence-corrected chi connectivity index (χ3v) is 4.37. The summed E-state index contributed by atoms with van der Waals surface area (Å²) in [5.74, 6) is 0. The van der Waals surface area contributed by atoms with E-state index in [1.165, 1.54) is 28.7 Å². The number of ether oxygens (including phenoxy) is 1. The molecule has 1 aromatic rings. The summed E-state index contributed by atoms with van der Waals surface area (Å²) < 4.78 is 5.98. The van der Waals surface area contributed by atoms with Crippen molar-refractivity contribution in [2.45, 2.75) is 58.6 Å². The number of rotatable bonds is 2. The lowest BCUT2D eigenvalue weighted by molar-refractivity contribution is -0.0821. The van der Waals surface area contributed by atoms with Gasteiger partial charge in [-0.15, -0.1) is 0 Å². The Morgan fingerprint density at radius 2 is 1.78 bits per heavy atom. The molecular formula is C16H25NO. The molecule has 100 valence electrons. The highest BCUT2D eigenvalue weighted by Crippen LogP contribution is 2.36. The van der Waals surface area contributed by atoms with Gasteiger partial charge in [0.25, 0.3) is 0 Å². The Kier molecular flexibility index (Phi) is 3.79. The van der Waals surface area contributed by atoms with Crippen molar-refractivity contribution in [3.63, 3.8) is 0 Å². The summed E-state index contributed by atoms with van der Waals surface area (Å²) >= 11 is 0. The van der Waals surface area contributed by atoms with Gasteiger partial charge < -0.3 is 10.5 Å². The van der Waals surface area contributed by atoms with Gasteiger partial charge in [0.1, 0.15) is 0 Å². The fourth-order valence-corrected chi connectivity index (χ4v) is 2.85. The molecule has 1 aromatic carbocycles. The van der Waals surface area contributed by atoms with Crippen LogP contribution in [-0.2, 0) is 4.74 Å². The zero-order chi connectivity index (χ0) is 13.3. The number of aryl methyl sites for hydroxylation is 3. The minimum absolute atomic E-state index is 0.0305. The Morgan fingerprint density at radius 1 is 1.11 bits per heavy atom. The Balaban J connectivity index is 2.33. The van der Waals surface area contributed by atoms with Crippen molar-refractivity contribution < 1.29 is 4.74 Å². The molecule has 2 rings (SSSR count). The first-order valence-corrected chi connectivity index (χ1v) is 6.91. The van der Waals surface area contributed by atoms with Crippen molar-refractivity contribution in [3.05, 3.63) is 34.4 Å². The second kappa shape index (κ2) is 5.02. The van der Waals surface area contributed by atoms with E-state index in [-0.39, 0.29) is 11.6 Å².